The molecule has 3 heteroatoms. The molecule has 1 fully saturated rings. The monoisotopic (exact) mass is 428 g/mol. The first-order valence-corrected chi connectivity index (χ1v) is 11.6. The van der Waals surface area contributed by atoms with Gasteiger partial charge in [-0.1, -0.05) is 73.9 Å². The third-order valence-corrected chi connectivity index (χ3v) is 6.51. The smallest absolute Gasteiger partial charge is 0.308 e. The topological polar surface area (TPSA) is 35.5 Å². The van der Waals surface area contributed by atoms with Crippen LogP contribution in [0.25, 0.3) is 22.3 Å². The van der Waals surface area contributed by atoms with Gasteiger partial charge < -0.3 is 9.47 Å². The summed E-state index contributed by atoms with van der Waals surface area (Å²) in [6.45, 7) is 2.48. The van der Waals surface area contributed by atoms with Gasteiger partial charge >= 0.3 is 5.97 Å². The van der Waals surface area contributed by atoms with E-state index < -0.39 is 0 Å². The third-order valence-electron chi connectivity index (χ3n) is 6.51. The van der Waals surface area contributed by atoms with Gasteiger partial charge in [-0.3, -0.25) is 4.79 Å². The second-order valence-electron chi connectivity index (χ2n) is 8.69. The Morgan fingerprint density at radius 1 is 0.844 bits per heavy atom. The van der Waals surface area contributed by atoms with Crippen molar-refractivity contribution < 1.29 is 14.3 Å². The van der Waals surface area contributed by atoms with Crippen LogP contribution >= 0.6 is 0 Å². The van der Waals surface area contributed by atoms with Gasteiger partial charge in [0.2, 0.25) is 0 Å². The number of carbonyl (C=O) groups excluding carboxylic acids is 1. The largest absolute Gasteiger partial charge is 0.493 e. The Labute approximate surface area is 191 Å². The van der Waals surface area contributed by atoms with Crippen molar-refractivity contribution in [1.82, 2.24) is 0 Å². The van der Waals surface area contributed by atoms with Crippen LogP contribution in [-0.2, 0) is 9.53 Å². The normalized spacial score (nSPS) is 14.2. The highest BCUT2D eigenvalue weighted by molar-refractivity contribution is 5.74. The van der Waals surface area contributed by atoms with E-state index >= 15 is 0 Å². The molecule has 0 bridgehead atoms. The molecular formula is C29H32O3. The minimum absolute atomic E-state index is 0.250. The maximum absolute atomic E-state index is 11.2. The van der Waals surface area contributed by atoms with Gasteiger partial charge in [-0.25, -0.2) is 0 Å². The summed E-state index contributed by atoms with van der Waals surface area (Å²) in [5.74, 6) is 1.24. The van der Waals surface area contributed by atoms with Crippen LogP contribution in [0, 0.1) is 6.92 Å². The minimum atomic E-state index is -0.263. The fraction of sp³-hybridized carbons (Fsp3) is 0.345. The van der Waals surface area contributed by atoms with E-state index in [1.165, 1.54) is 67.0 Å². The molecule has 0 amide bonds. The molecule has 4 rings (SSSR count). The highest BCUT2D eigenvalue weighted by atomic mass is 16.5. The second-order valence-corrected chi connectivity index (χ2v) is 8.69. The first-order valence-electron chi connectivity index (χ1n) is 11.6. The number of hydrogen-bond acceptors (Lipinski definition) is 3. The molecule has 0 spiro atoms. The molecule has 0 aromatic heterocycles. The average Bonchev–Trinajstić information content (AvgIpc) is 2.85. The van der Waals surface area contributed by atoms with Crippen molar-refractivity contribution in [3.05, 3.63) is 77.9 Å². The van der Waals surface area contributed by atoms with Crippen molar-refractivity contribution in [3.63, 3.8) is 0 Å². The predicted octanol–water partition coefficient (Wildman–Crippen LogP) is 7.32. The Kier molecular flexibility index (Phi) is 7.26. The summed E-state index contributed by atoms with van der Waals surface area (Å²) >= 11 is 0. The first kappa shape index (κ1) is 22.1. The highest BCUT2D eigenvalue weighted by Crippen LogP contribution is 2.34. The summed E-state index contributed by atoms with van der Waals surface area (Å²) in [7, 11) is 1.39. The zero-order valence-electron chi connectivity index (χ0n) is 19.1. The van der Waals surface area contributed by atoms with Crippen LogP contribution in [0.3, 0.4) is 0 Å². The number of benzene rings is 3. The predicted molar refractivity (Wildman–Crippen MR) is 130 cm³/mol. The van der Waals surface area contributed by atoms with E-state index in [9.17, 15) is 4.79 Å². The molecule has 0 saturated heterocycles. The number of hydrogen-bond donors (Lipinski definition) is 0. The number of esters is 1. The Bertz CT molecular complexity index is 1030. The van der Waals surface area contributed by atoms with Gasteiger partial charge in [-0.2, -0.15) is 0 Å². The fourth-order valence-corrected chi connectivity index (χ4v) is 4.64. The summed E-state index contributed by atoms with van der Waals surface area (Å²) in [4.78, 5) is 11.2. The van der Waals surface area contributed by atoms with Gasteiger partial charge in [-0.05, 0) is 71.2 Å². The van der Waals surface area contributed by atoms with Crippen molar-refractivity contribution in [1.29, 1.82) is 0 Å². The van der Waals surface area contributed by atoms with E-state index in [0.29, 0.717) is 6.61 Å². The van der Waals surface area contributed by atoms with Crippen LogP contribution in [0.5, 0.6) is 5.75 Å². The van der Waals surface area contributed by atoms with Gasteiger partial charge in [0.1, 0.15) is 5.75 Å². The van der Waals surface area contributed by atoms with E-state index in [-0.39, 0.29) is 12.4 Å². The molecule has 3 aromatic carbocycles. The van der Waals surface area contributed by atoms with Crippen molar-refractivity contribution in [2.75, 3.05) is 13.7 Å². The van der Waals surface area contributed by atoms with E-state index in [0.717, 1.165) is 17.2 Å². The fourth-order valence-electron chi connectivity index (χ4n) is 4.64. The first-order chi connectivity index (χ1) is 15.6. The van der Waals surface area contributed by atoms with E-state index in [1.807, 2.05) is 12.1 Å². The molecule has 0 aliphatic heterocycles. The van der Waals surface area contributed by atoms with Crippen molar-refractivity contribution in [2.45, 2.75) is 51.4 Å². The number of rotatable bonds is 7. The molecule has 0 atom stereocenters. The number of methoxy groups -OCH3 is 1. The second kappa shape index (κ2) is 10.5. The molecule has 0 unspecified atom stereocenters. The molecule has 32 heavy (non-hydrogen) atoms. The van der Waals surface area contributed by atoms with Gasteiger partial charge in [-0.15, -0.1) is 0 Å². The third kappa shape index (κ3) is 5.40. The molecule has 1 aliphatic carbocycles. The lowest BCUT2D eigenvalue weighted by molar-refractivity contribution is -0.141. The van der Waals surface area contributed by atoms with Gasteiger partial charge in [0, 0.05) is 0 Å². The van der Waals surface area contributed by atoms with E-state index in [4.69, 9.17) is 4.74 Å². The maximum atomic E-state index is 11.2. The summed E-state index contributed by atoms with van der Waals surface area (Å²) in [6, 6.07) is 23.9. The van der Waals surface area contributed by atoms with Crippen molar-refractivity contribution >= 4 is 5.97 Å². The number of aryl methyl sites for hydroxylation is 1. The molecule has 3 nitrogen and oxygen atoms in total. The van der Waals surface area contributed by atoms with Crippen molar-refractivity contribution in [2.24, 2.45) is 0 Å². The standard InChI is InChI=1S/C29H32O3/c1-21-20-26(24-10-8-23(9-11-24)22-6-4-3-5-7-22)14-17-28(21)25-12-15-27(16-13-25)32-19-18-29(30)31-2/h8-17,20,22H,3-7,18-19H2,1-2H3. The van der Waals surface area contributed by atoms with Crippen molar-refractivity contribution in [3.8, 4) is 28.0 Å². The van der Waals surface area contributed by atoms with E-state index in [2.05, 4.69) is 66.3 Å². The SMILES string of the molecule is COC(=O)CCOc1ccc(-c2ccc(-c3ccc(C4CCCCC4)cc3)cc2C)cc1. The lowest BCUT2D eigenvalue weighted by atomic mass is 9.83. The number of ether oxygens (including phenoxy) is 2. The molecule has 166 valence electrons. The lowest BCUT2D eigenvalue weighted by Crippen LogP contribution is -2.07. The van der Waals surface area contributed by atoms with Gasteiger partial charge in [0.05, 0.1) is 20.1 Å². The highest BCUT2D eigenvalue weighted by Gasteiger charge is 2.15. The van der Waals surface area contributed by atoms with Crippen LogP contribution in [0.2, 0.25) is 0 Å². The Balaban J connectivity index is 1.43. The molecular weight excluding hydrogens is 396 g/mol. The number of carbonyl (C=O) groups is 1. The van der Waals surface area contributed by atoms with Crippen LogP contribution in [0.1, 0.15) is 55.6 Å². The van der Waals surface area contributed by atoms with Gasteiger partial charge in [0.25, 0.3) is 0 Å². The van der Waals surface area contributed by atoms with Crippen LogP contribution in [0.4, 0.5) is 0 Å². The van der Waals surface area contributed by atoms with Crippen LogP contribution in [0.15, 0.2) is 66.7 Å². The molecule has 0 radical (unpaired) electrons. The quantitative estimate of drug-likeness (QED) is 0.370. The molecule has 3 aromatic rings. The zero-order chi connectivity index (χ0) is 22.3. The molecule has 1 aliphatic rings. The Morgan fingerprint density at radius 2 is 1.50 bits per heavy atom. The van der Waals surface area contributed by atoms with Crippen LogP contribution < -0.4 is 4.74 Å². The summed E-state index contributed by atoms with van der Waals surface area (Å²) in [5.41, 5.74) is 7.64. The molecule has 0 heterocycles. The Morgan fingerprint density at radius 3 is 2.16 bits per heavy atom. The maximum Gasteiger partial charge on any atom is 0.308 e. The summed E-state index contributed by atoms with van der Waals surface area (Å²) < 4.78 is 10.3. The lowest BCUT2D eigenvalue weighted by Gasteiger charge is -2.22. The molecule has 0 N–H and O–H groups in total. The van der Waals surface area contributed by atoms with Gasteiger partial charge in [0.15, 0.2) is 0 Å². The Hall–Kier alpha value is -3.07. The minimum Gasteiger partial charge on any atom is -0.493 e. The van der Waals surface area contributed by atoms with E-state index in [1.54, 1.807) is 0 Å². The summed E-state index contributed by atoms with van der Waals surface area (Å²) in [6.07, 6.45) is 7.05. The van der Waals surface area contributed by atoms with Crippen LogP contribution in [-0.4, -0.2) is 19.7 Å². The summed E-state index contributed by atoms with van der Waals surface area (Å²) in [5, 5.41) is 0. The zero-order valence-corrected chi connectivity index (χ0v) is 19.1. The molecule has 1 saturated carbocycles. The average molecular weight is 429 g/mol.